The average Bonchev–Trinajstić information content (AvgIpc) is 2.97. The molecule has 0 amide bonds. The first-order chi connectivity index (χ1) is 8.34. The third-order valence-electron chi connectivity index (χ3n) is 4.50. The molecule has 0 aliphatic heterocycles. The van der Waals surface area contributed by atoms with Gasteiger partial charge in [0.15, 0.2) is 0 Å². The Morgan fingerprint density at radius 3 is 2.94 bits per heavy atom. The SMILES string of the molecule is Cn1ncc2c1CCCC2NCC1CCCC1. The van der Waals surface area contributed by atoms with E-state index in [0.29, 0.717) is 6.04 Å². The standard InChI is InChI=1S/C14H23N3/c1-17-14-8-4-7-13(12(14)10-16-17)15-9-11-5-2-3-6-11/h10-11,13,15H,2-9H2,1H3. The van der Waals surface area contributed by atoms with Gasteiger partial charge in [-0.1, -0.05) is 12.8 Å². The Kier molecular flexibility index (Phi) is 3.19. The monoisotopic (exact) mass is 233 g/mol. The second-order valence-electron chi connectivity index (χ2n) is 5.67. The Bertz CT molecular complexity index is 377. The van der Waals surface area contributed by atoms with Gasteiger partial charge in [0.05, 0.1) is 6.20 Å². The highest BCUT2D eigenvalue weighted by molar-refractivity contribution is 5.24. The smallest absolute Gasteiger partial charge is 0.0540 e. The minimum Gasteiger partial charge on any atom is -0.310 e. The van der Waals surface area contributed by atoms with E-state index in [2.05, 4.69) is 28.3 Å². The lowest BCUT2D eigenvalue weighted by Crippen LogP contribution is -2.29. The van der Waals surface area contributed by atoms with E-state index < -0.39 is 0 Å². The van der Waals surface area contributed by atoms with Crippen molar-refractivity contribution in [1.29, 1.82) is 0 Å². The topological polar surface area (TPSA) is 29.9 Å². The number of aromatic nitrogens is 2. The lowest BCUT2D eigenvalue weighted by atomic mass is 9.92. The first-order valence-electron chi connectivity index (χ1n) is 7.09. The zero-order chi connectivity index (χ0) is 11.7. The van der Waals surface area contributed by atoms with Crippen molar-refractivity contribution in [3.05, 3.63) is 17.5 Å². The van der Waals surface area contributed by atoms with Gasteiger partial charge in [-0.25, -0.2) is 0 Å². The fraction of sp³-hybridized carbons (Fsp3) is 0.786. The fourth-order valence-electron chi connectivity index (χ4n) is 3.44. The molecule has 2 aliphatic carbocycles. The van der Waals surface area contributed by atoms with Crippen LogP contribution in [-0.4, -0.2) is 16.3 Å². The summed E-state index contributed by atoms with van der Waals surface area (Å²) in [5.74, 6) is 0.928. The van der Waals surface area contributed by atoms with E-state index in [9.17, 15) is 0 Å². The maximum atomic E-state index is 4.40. The summed E-state index contributed by atoms with van der Waals surface area (Å²) in [7, 11) is 2.07. The van der Waals surface area contributed by atoms with Gasteiger partial charge in [0.1, 0.15) is 0 Å². The molecular weight excluding hydrogens is 210 g/mol. The van der Waals surface area contributed by atoms with E-state index in [0.717, 1.165) is 5.92 Å². The largest absolute Gasteiger partial charge is 0.310 e. The number of fused-ring (bicyclic) bond motifs is 1. The van der Waals surface area contributed by atoms with Gasteiger partial charge in [0.25, 0.3) is 0 Å². The molecule has 1 atom stereocenters. The molecule has 1 aromatic heterocycles. The highest BCUT2D eigenvalue weighted by Gasteiger charge is 2.24. The highest BCUT2D eigenvalue weighted by atomic mass is 15.3. The summed E-state index contributed by atoms with van der Waals surface area (Å²) in [5, 5.41) is 8.18. The third-order valence-corrected chi connectivity index (χ3v) is 4.50. The molecule has 1 saturated carbocycles. The summed E-state index contributed by atoms with van der Waals surface area (Å²) >= 11 is 0. The number of nitrogens with one attached hydrogen (secondary N) is 1. The normalized spacial score (nSPS) is 25.1. The van der Waals surface area contributed by atoms with Crippen molar-refractivity contribution >= 4 is 0 Å². The Hall–Kier alpha value is -0.830. The summed E-state index contributed by atoms with van der Waals surface area (Å²) in [4.78, 5) is 0. The van der Waals surface area contributed by atoms with Crippen molar-refractivity contribution in [1.82, 2.24) is 15.1 Å². The van der Waals surface area contributed by atoms with E-state index in [1.54, 1.807) is 0 Å². The number of hydrogen-bond acceptors (Lipinski definition) is 2. The molecule has 3 nitrogen and oxygen atoms in total. The number of nitrogens with zero attached hydrogens (tertiary/aromatic N) is 2. The minimum atomic E-state index is 0.563. The Labute approximate surface area is 104 Å². The van der Waals surface area contributed by atoms with Crippen molar-refractivity contribution in [3.8, 4) is 0 Å². The first-order valence-corrected chi connectivity index (χ1v) is 7.09. The lowest BCUT2D eigenvalue weighted by Gasteiger charge is -2.25. The zero-order valence-corrected chi connectivity index (χ0v) is 10.8. The molecule has 1 N–H and O–H groups in total. The van der Waals surface area contributed by atoms with Crippen molar-refractivity contribution in [3.63, 3.8) is 0 Å². The molecule has 0 radical (unpaired) electrons. The number of aryl methyl sites for hydroxylation is 1. The van der Waals surface area contributed by atoms with Crippen molar-refractivity contribution < 1.29 is 0 Å². The van der Waals surface area contributed by atoms with Gasteiger partial charge in [0.2, 0.25) is 0 Å². The van der Waals surface area contributed by atoms with Crippen LogP contribution < -0.4 is 5.32 Å². The van der Waals surface area contributed by atoms with E-state index in [1.165, 1.54) is 62.7 Å². The average molecular weight is 233 g/mol. The first kappa shape index (κ1) is 11.3. The van der Waals surface area contributed by atoms with Crippen molar-refractivity contribution in [2.45, 2.75) is 51.0 Å². The van der Waals surface area contributed by atoms with Crippen LogP contribution in [0.1, 0.15) is 55.8 Å². The highest BCUT2D eigenvalue weighted by Crippen LogP contribution is 2.30. The second-order valence-corrected chi connectivity index (χ2v) is 5.67. The van der Waals surface area contributed by atoms with Gasteiger partial charge in [-0.3, -0.25) is 4.68 Å². The second kappa shape index (κ2) is 4.81. The van der Waals surface area contributed by atoms with Crippen LogP contribution in [0.25, 0.3) is 0 Å². The zero-order valence-electron chi connectivity index (χ0n) is 10.8. The van der Waals surface area contributed by atoms with Crippen LogP contribution in [0.5, 0.6) is 0 Å². The maximum Gasteiger partial charge on any atom is 0.0540 e. The molecule has 17 heavy (non-hydrogen) atoms. The maximum absolute atomic E-state index is 4.40. The van der Waals surface area contributed by atoms with Crippen LogP contribution in [0.3, 0.4) is 0 Å². The van der Waals surface area contributed by atoms with E-state index in [-0.39, 0.29) is 0 Å². The summed E-state index contributed by atoms with van der Waals surface area (Å²) < 4.78 is 2.05. The van der Waals surface area contributed by atoms with Crippen molar-refractivity contribution in [2.24, 2.45) is 13.0 Å². The van der Waals surface area contributed by atoms with Gasteiger partial charge in [-0.15, -0.1) is 0 Å². The molecule has 1 unspecified atom stereocenters. The van der Waals surface area contributed by atoms with Crippen LogP contribution in [0.2, 0.25) is 0 Å². The number of hydrogen-bond donors (Lipinski definition) is 1. The van der Waals surface area contributed by atoms with E-state index >= 15 is 0 Å². The Balaban J connectivity index is 1.64. The van der Waals surface area contributed by atoms with Crippen LogP contribution in [0.4, 0.5) is 0 Å². The Morgan fingerprint density at radius 2 is 2.12 bits per heavy atom. The van der Waals surface area contributed by atoms with Crippen LogP contribution >= 0.6 is 0 Å². The van der Waals surface area contributed by atoms with Gasteiger partial charge in [-0.2, -0.15) is 5.10 Å². The molecule has 3 rings (SSSR count). The molecule has 0 spiro atoms. The predicted molar refractivity (Wildman–Crippen MR) is 68.8 cm³/mol. The lowest BCUT2D eigenvalue weighted by molar-refractivity contribution is 0.401. The summed E-state index contributed by atoms with van der Waals surface area (Å²) in [5.41, 5.74) is 2.90. The van der Waals surface area contributed by atoms with E-state index in [1.807, 2.05) is 0 Å². The van der Waals surface area contributed by atoms with Crippen LogP contribution in [-0.2, 0) is 13.5 Å². The molecule has 1 aromatic rings. The minimum absolute atomic E-state index is 0.563. The molecule has 0 bridgehead atoms. The Morgan fingerprint density at radius 1 is 1.29 bits per heavy atom. The van der Waals surface area contributed by atoms with Gasteiger partial charge in [-0.05, 0) is 44.6 Å². The van der Waals surface area contributed by atoms with Crippen LogP contribution in [0.15, 0.2) is 6.20 Å². The van der Waals surface area contributed by atoms with Crippen LogP contribution in [0, 0.1) is 5.92 Å². The molecule has 2 aliphatic rings. The molecule has 0 saturated heterocycles. The molecule has 3 heteroatoms. The number of rotatable bonds is 3. The molecule has 0 aromatic carbocycles. The predicted octanol–water partition coefficient (Wildman–Crippen LogP) is 2.58. The molecule has 1 heterocycles. The van der Waals surface area contributed by atoms with Gasteiger partial charge < -0.3 is 5.32 Å². The summed E-state index contributed by atoms with van der Waals surface area (Å²) in [6.07, 6.45) is 11.6. The fourth-order valence-corrected chi connectivity index (χ4v) is 3.44. The van der Waals surface area contributed by atoms with Crippen molar-refractivity contribution in [2.75, 3.05) is 6.54 Å². The summed E-state index contributed by atoms with van der Waals surface area (Å²) in [6.45, 7) is 1.21. The van der Waals surface area contributed by atoms with Gasteiger partial charge in [0, 0.05) is 24.3 Å². The van der Waals surface area contributed by atoms with Gasteiger partial charge >= 0.3 is 0 Å². The molecular formula is C14H23N3. The molecule has 94 valence electrons. The summed E-state index contributed by atoms with van der Waals surface area (Å²) in [6, 6.07) is 0.563. The molecule has 1 fully saturated rings. The van der Waals surface area contributed by atoms with E-state index in [4.69, 9.17) is 0 Å². The quantitative estimate of drug-likeness (QED) is 0.869. The third kappa shape index (κ3) is 2.25.